The summed E-state index contributed by atoms with van der Waals surface area (Å²) in [6.07, 6.45) is -4.25. The number of nitrogens with one attached hydrogen (secondary N) is 1. The molecule has 2 rings (SSSR count). The van der Waals surface area contributed by atoms with Gasteiger partial charge in [0.25, 0.3) is 0 Å². The summed E-state index contributed by atoms with van der Waals surface area (Å²) in [6.45, 7) is 1.89. The van der Waals surface area contributed by atoms with Crippen LogP contribution in [-0.4, -0.2) is 19.2 Å². The van der Waals surface area contributed by atoms with Crippen molar-refractivity contribution in [2.45, 2.75) is 31.7 Å². The van der Waals surface area contributed by atoms with Crippen LogP contribution in [0.4, 0.5) is 13.2 Å². The highest BCUT2D eigenvalue weighted by Crippen LogP contribution is 2.40. The summed E-state index contributed by atoms with van der Waals surface area (Å²) in [6, 6.07) is 4.10. The van der Waals surface area contributed by atoms with Crippen LogP contribution < -0.4 is 10.1 Å². The first kappa shape index (κ1) is 12.2. The van der Waals surface area contributed by atoms with Gasteiger partial charge in [-0.15, -0.1) is 0 Å². The zero-order valence-electron chi connectivity index (χ0n) is 9.64. The summed E-state index contributed by atoms with van der Waals surface area (Å²) in [5.74, 6) is 0.354. The van der Waals surface area contributed by atoms with Gasteiger partial charge in [0.05, 0.1) is 5.56 Å². The van der Waals surface area contributed by atoms with E-state index in [-0.39, 0.29) is 17.7 Å². The lowest BCUT2D eigenvalue weighted by Gasteiger charge is -2.17. The Hall–Kier alpha value is -1.23. The molecular formula is C12H14F3NO. The average molecular weight is 245 g/mol. The molecule has 0 bridgehead atoms. The fraction of sp³-hybridized carbons (Fsp3) is 0.500. The molecular weight excluding hydrogens is 231 g/mol. The van der Waals surface area contributed by atoms with Gasteiger partial charge in [0.2, 0.25) is 0 Å². The second kappa shape index (κ2) is 4.22. The first-order chi connectivity index (χ1) is 7.93. The second-order valence-corrected chi connectivity index (χ2v) is 4.22. The SMILES string of the molecule is CNC(C)C1Cc2c(cccc2C(F)(F)F)O1. The molecule has 94 valence electrons. The van der Waals surface area contributed by atoms with Gasteiger partial charge < -0.3 is 10.1 Å². The van der Waals surface area contributed by atoms with Crippen LogP contribution in [0, 0.1) is 0 Å². The van der Waals surface area contributed by atoms with E-state index in [2.05, 4.69) is 5.32 Å². The van der Waals surface area contributed by atoms with E-state index in [9.17, 15) is 13.2 Å². The number of likely N-dealkylation sites (N-methyl/N-ethyl adjacent to an activating group) is 1. The maximum absolute atomic E-state index is 12.8. The maximum Gasteiger partial charge on any atom is 0.416 e. The monoisotopic (exact) mass is 245 g/mol. The largest absolute Gasteiger partial charge is 0.488 e. The quantitative estimate of drug-likeness (QED) is 0.864. The number of rotatable bonds is 2. The van der Waals surface area contributed by atoms with E-state index >= 15 is 0 Å². The van der Waals surface area contributed by atoms with Crippen molar-refractivity contribution >= 4 is 0 Å². The summed E-state index contributed by atoms with van der Waals surface area (Å²) in [7, 11) is 1.77. The van der Waals surface area contributed by atoms with Crippen LogP contribution in [0.5, 0.6) is 5.75 Å². The molecule has 0 aliphatic carbocycles. The third-order valence-corrected chi connectivity index (χ3v) is 3.14. The minimum absolute atomic E-state index is 0.0171. The first-order valence-electron chi connectivity index (χ1n) is 5.46. The Kier molecular flexibility index (Phi) is 3.03. The molecule has 1 aromatic carbocycles. The molecule has 1 aliphatic rings. The molecule has 2 nitrogen and oxygen atoms in total. The van der Waals surface area contributed by atoms with E-state index in [1.54, 1.807) is 13.1 Å². The molecule has 17 heavy (non-hydrogen) atoms. The van der Waals surface area contributed by atoms with Crippen LogP contribution in [-0.2, 0) is 12.6 Å². The predicted octanol–water partition coefficient (Wildman–Crippen LogP) is 2.62. The molecule has 0 amide bonds. The summed E-state index contributed by atoms with van der Waals surface area (Å²) >= 11 is 0. The molecule has 2 unspecified atom stereocenters. The maximum atomic E-state index is 12.8. The van der Waals surface area contributed by atoms with Crippen LogP contribution in [0.2, 0.25) is 0 Å². The highest BCUT2D eigenvalue weighted by atomic mass is 19.4. The van der Waals surface area contributed by atoms with Crippen molar-refractivity contribution in [3.8, 4) is 5.75 Å². The first-order valence-corrected chi connectivity index (χ1v) is 5.46. The lowest BCUT2D eigenvalue weighted by Crippen LogP contribution is -2.37. The zero-order chi connectivity index (χ0) is 12.6. The fourth-order valence-corrected chi connectivity index (χ4v) is 2.02. The van der Waals surface area contributed by atoms with Crippen molar-refractivity contribution in [3.05, 3.63) is 29.3 Å². The van der Waals surface area contributed by atoms with Gasteiger partial charge in [0.1, 0.15) is 11.9 Å². The van der Waals surface area contributed by atoms with E-state index < -0.39 is 11.7 Å². The Morgan fingerprint density at radius 3 is 2.71 bits per heavy atom. The lowest BCUT2D eigenvalue weighted by atomic mass is 10.0. The number of alkyl halides is 3. The Balaban J connectivity index is 2.32. The molecule has 0 spiro atoms. The Bertz CT molecular complexity index is 417. The van der Waals surface area contributed by atoms with E-state index in [1.807, 2.05) is 6.92 Å². The minimum atomic E-state index is -4.31. The van der Waals surface area contributed by atoms with Gasteiger partial charge in [-0.1, -0.05) is 6.07 Å². The van der Waals surface area contributed by atoms with Crippen LogP contribution >= 0.6 is 0 Å². The smallest absolute Gasteiger partial charge is 0.416 e. The van der Waals surface area contributed by atoms with Gasteiger partial charge in [0, 0.05) is 18.0 Å². The van der Waals surface area contributed by atoms with Crippen molar-refractivity contribution in [2.24, 2.45) is 0 Å². The summed E-state index contributed by atoms with van der Waals surface area (Å²) in [5.41, 5.74) is -0.312. The van der Waals surface area contributed by atoms with Gasteiger partial charge in [-0.05, 0) is 26.1 Å². The van der Waals surface area contributed by atoms with Crippen molar-refractivity contribution in [1.29, 1.82) is 0 Å². The summed E-state index contributed by atoms with van der Waals surface area (Å²) in [5, 5.41) is 2.99. The zero-order valence-corrected chi connectivity index (χ0v) is 9.64. The van der Waals surface area contributed by atoms with Gasteiger partial charge >= 0.3 is 6.18 Å². The molecule has 0 radical (unpaired) electrons. The van der Waals surface area contributed by atoms with E-state index in [4.69, 9.17) is 4.74 Å². The molecule has 5 heteroatoms. The molecule has 1 aliphatic heterocycles. The molecule has 0 saturated carbocycles. The van der Waals surface area contributed by atoms with E-state index in [0.29, 0.717) is 12.2 Å². The normalized spacial score (nSPS) is 20.9. The average Bonchev–Trinajstić information content (AvgIpc) is 2.69. The number of hydrogen-bond acceptors (Lipinski definition) is 2. The fourth-order valence-electron chi connectivity index (χ4n) is 2.02. The van der Waals surface area contributed by atoms with E-state index in [1.165, 1.54) is 6.07 Å². The number of hydrogen-bond donors (Lipinski definition) is 1. The third-order valence-electron chi connectivity index (χ3n) is 3.14. The van der Waals surface area contributed by atoms with Gasteiger partial charge in [-0.25, -0.2) is 0 Å². The number of ether oxygens (including phenoxy) is 1. The van der Waals surface area contributed by atoms with Gasteiger partial charge in [0.15, 0.2) is 0 Å². The summed E-state index contributed by atoms with van der Waals surface area (Å²) in [4.78, 5) is 0. The van der Waals surface area contributed by atoms with Crippen molar-refractivity contribution < 1.29 is 17.9 Å². The van der Waals surface area contributed by atoms with Gasteiger partial charge in [-0.2, -0.15) is 13.2 Å². The predicted molar refractivity (Wildman–Crippen MR) is 58.1 cm³/mol. The number of benzene rings is 1. The molecule has 1 heterocycles. The molecule has 1 N–H and O–H groups in total. The molecule has 1 aromatic rings. The van der Waals surface area contributed by atoms with Crippen molar-refractivity contribution in [3.63, 3.8) is 0 Å². The van der Waals surface area contributed by atoms with Crippen molar-refractivity contribution in [2.75, 3.05) is 7.05 Å². The highest BCUT2D eigenvalue weighted by Gasteiger charge is 2.38. The van der Waals surface area contributed by atoms with Crippen molar-refractivity contribution in [1.82, 2.24) is 5.32 Å². The van der Waals surface area contributed by atoms with Crippen LogP contribution in [0.25, 0.3) is 0 Å². The van der Waals surface area contributed by atoms with Gasteiger partial charge in [-0.3, -0.25) is 0 Å². The Morgan fingerprint density at radius 1 is 1.41 bits per heavy atom. The lowest BCUT2D eigenvalue weighted by molar-refractivity contribution is -0.138. The van der Waals surface area contributed by atoms with E-state index in [0.717, 1.165) is 6.07 Å². The van der Waals surface area contributed by atoms with Crippen LogP contribution in [0.3, 0.4) is 0 Å². The third kappa shape index (κ3) is 2.24. The highest BCUT2D eigenvalue weighted by molar-refractivity contribution is 5.45. The van der Waals surface area contributed by atoms with Crippen LogP contribution in [0.1, 0.15) is 18.1 Å². The standard InChI is InChI=1S/C12H14F3NO/c1-7(16-2)11-6-8-9(12(13,14)15)4-3-5-10(8)17-11/h3-5,7,11,16H,6H2,1-2H3. The topological polar surface area (TPSA) is 21.3 Å². The minimum Gasteiger partial charge on any atom is -0.488 e. The molecule has 0 aromatic heterocycles. The summed E-state index contributed by atoms with van der Waals surface area (Å²) < 4.78 is 43.9. The molecule has 0 saturated heterocycles. The second-order valence-electron chi connectivity index (χ2n) is 4.22. The number of halogens is 3. The molecule has 0 fully saturated rings. The Morgan fingerprint density at radius 2 is 2.12 bits per heavy atom. The molecule has 2 atom stereocenters. The van der Waals surface area contributed by atoms with Crippen LogP contribution in [0.15, 0.2) is 18.2 Å². The Labute approximate surface area is 97.8 Å². The number of fused-ring (bicyclic) bond motifs is 1.